The van der Waals surface area contributed by atoms with Crippen LogP contribution in [-0.2, 0) is 11.2 Å². The van der Waals surface area contributed by atoms with Gasteiger partial charge in [0, 0.05) is 24.1 Å². The number of fused-ring (bicyclic) bond motifs is 1. The molecule has 0 fully saturated rings. The Kier molecular flexibility index (Phi) is 5.88. The summed E-state index contributed by atoms with van der Waals surface area (Å²) in [7, 11) is 0. The molecule has 2 aromatic carbocycles. The zero-order valence-electron chi connectivity index (χ0n) is 15.0. The topological polar surface area (TPSA) is 88.8 Å². The number of nitrogens with one attached hydrogen (secondary N) is 1. The van der Waals surface area contributed by atoms with E-state index in [0.717, 1.165) is 16.5 Å². The van der Waals surface area contributed by atoms with Gasteiger partial charge in [-0.15, -0.1) is 0 Å². The van der Waals surface area contributed by atoms with Gasteiger partial charge in [-0.1, -0.05) is 37.3 Å². The van der Waals surface area contributed by atoms with E-state index >= 15 is 0 Å². The summed E-state index contributed by atoms with van der Waals surface area (Å²) in [6, 6.07) is 15.7. The summed E-state index contributed by atoms with van der Waals surface area (Å²) in [6.07, 6.45) is -0.0633. The first-order valence-corrected chi connectivity index (χ1v) is 8.76. The lowest BCUT2D eigenvalue weighted by Crippen LogP contribution is -2.32. The van der Waals surface area contributed by atoms with Gasteiger partial charge in [0.25, 0.3) is 5.91 Å². The van der Waals surface area contributed by atoms with Gasteiger partial charge in [-0.05, 0) is 29.7 Å². The van der Waals surface area contributed by atoms with Crippen molar-refractivity contribution in [2.24, 2.45) is 0 Å². The van der Waals surface area contributed by atoms with Crippen molar-refractivity contribution in [1.82, 2.24) is 5.32 Å². The largest absolute Gasteiger partial charge is 0.484 e. The number of carbonyl (C=O) groups is 1. The van der Waals surface area contributed by atoms with Crippen molar-refractivity contribution in [2.75, 3.05) is 13.2 Å². The van der Waals surface area contributed by atoms with Crippen molar-refractivity contribution < 1.29 is 19.1 Å². The van der Waals surface area contributed by atoms with Crippen LogP contribution >= 0.6 is 0 Å². The van der Waals surface area contributed by atoms with E-state index in [1.807, 2.05) is 31.2 Å². The maximum Gasteiger partial charge on any atom is 0.336 e. The molecule has 2 N–H and O–H groups in total. The van der Waals surface area contributed by atoms with E-state index in [1.165, 1.54) is 6.07 Å². The highest BCUT2D eigenvalue weighted by Crippen LogP contribution is 2.23. The average Bonchev–Trinajstić information content (AvgIpc) is 2.70. The molecule has 0 saturated carbocycles. The van der Waals surface area contributed by atoms with Gasteiger partial charge in [0.05, 0.1) is 6.10 Å². The van der Waals surface area contributed by atoms with E-state index in [0.29, 0.717) is 17.8 Å². The molecule has 0 aliphatic carbocycles. The number of carbonyl (C=O) groups excluding carboxylic acids is 1. The van der Waals surface area contributed by atoms with Crippen molar-refractivity contribution in [2.45, 2.75) is 19.4 Å². The Hall–Kier alpha value is -3.12. The Balaban J connectivity index is 1.58. The summed E-state index contributed by atoms with van der Waals surface area (Å²) in [6.45, 7) is 1.86. The van der Waals surface area contributed by atoms with E-state index < -0.39 is 11.7 Å². The molecule has 6 nitrogen and oxygen atoms in total. The number of rotatable bonds is 7. The van der Waals surface area contributed by atoms with Crippen molar-refractivity contribution in [3.05, 3.63) is 76.1 Å². The highest BCUT2D eigenvalue weighted by Gasteiger charge is 2.10. The fourth-order valence-corrected chi connectivity index (χ4v) is 2.80. The molecule has 1 atom stereocenters. The summed E-state index contributed by atoms with van der Waals surface area (Å²) in [5, 5.41) is 13.5. The monoisotopic (exact) mass is 367 g/mol. The average molecular weight is 367 g/mol. The Morgan fingerprint density at radius 3 is 2.70 bits per heavy atom. The van der Waals surface area contributed by atoms with Crippen LogP contribution in [0, 0.1) is 0 Å². The van der Waals surface area contributed by atoms with Crippen molar-refractivity contribution in [3.63, 3.8) is 0 Å². The summed E-state index contributed by atoms with van der Waals surface area (Å²) < 4.78 is 10.7. The van der Waals surface area contributed by atoms with Crippen LogP contribution in [0.2, 0.25) is 0 Å². The van der Waals surface area contributed by atoms with Gasteiger partial charge in [0.1, 0.15) is 11.3 Å². The molecular formula is C21H21NO5. The standard InChI is InChI=1S/C21H21NO5/c1-2-14-10-21(25)27-19-11-16(8-9-17(14)19)26-13-20(24)22-12-18(23)15-6-4-3-5-7-15/h3-11,18,23H,2,12-13H2,1H3,(H,22,24)/t18-/m1/s1. The highest BCUT2D eigenvalue weighted by atomic mass is 16.5. The minimum Gasteiger partial charge on any atom is -0.484 e. The molecule has 0 unspecified atom stereocenters. The minimum atomic E-state index is -0.780. The lowest BCUT2D eigenvalue weighted by atomic mass is 10.1. The predicted molar refractivity (Wildman–Crippen MR) is 102 cm³/mol. The molecule has 0 spiro atoms. The van der Waals surface area contributed by atoms with E-state index in [9.17, 15) is 14.7 Å². The van der Waals surface area contributed by atoms with Gasteiger partial charge in [0.2, 0.25) is 0 Å². The second kappa shape index (κ2) is 8.51. The molecule has 0 saturated heterocycles. The number of ether oxygens (including phenoxy) is 1. The number of aliphatic hydroxyl groups excluding tert-OH is 1. The SMILES string of the molecule is CCc1cc(=O)oc2cc(OCC(=O)NC[C@@H](O)c3ccccc3)ccc12. The van der Waals surface area contributed by atoms with Crippen LogP contribution in [0.1, 0.15) is 24.2 Å². The van der Waals surface area contributed by atoms with Gasteiger partial charge in [0.15, 0.2) is 6.61 Å². The summed E-state index contributed by atoms with van der Waals surface area (Å²) in [5.41, 5.74) is 1.65. The van der Waals surface area contributed by atoms with Crippen LogP contribution in [0.5, 0.6) is 5.75 Å². The number of hydrogen-bond donors (Lipinski definition) is 2. The molecule has 0 aliphatic rings. The lowest BCUT2D eigenvalue weighted by Gasteiger charge is -2.13. The molecule has 6 heteroatoms. The quantitative estimate of drug-likeness (QED) is 0.627. The molecule has 1 aromatic heterocycles. The first kappa shape index (κ1) is 18.7. The van der Waals surface area contributed by atoms with E-state index in [4.69, 9.17) is 9.15 Å². The number of benzene rings is 2. The Labute approximate surface area is 156 Å². The minimum absolute atomic E-state index is 0.0959. The summed E-state index contributed by atoms with van der Waals surface area (Å²) in [4.78, 5) is 23.6. The zero-order chi connectivity index (χ0) is 19.2. The second-order valence-corrected chi connectivity index (χ2v) is 6.12. The number of aryl methyl sites for hydroxylation is 1. The number of hydrogen-bond acceptors (Lipinski definition) is 5. The van der Waals surface area contributed by atoms with E-state index in [2.05, 4.69) is 5.32 Å². The van der Waals surface area contributed by atoms with Gasteiger partial charge in [-0.25, -0.2) is 4.79 Å². The first-order chi connectivity index (χ1) is 13.1. The molecule has 1 heterocycles. The fraction of sp³-hybridized carbons (Fsp3) is 0.238. The van der Waals surface area contributed by atoms with Crippen LogP contribution in [-0.4, -0.2) is 24.2 Å². The summed E-state index contributed by atoms with van der Waals surface area (Å²) in [5.74, 6) is 0.0755. The molecule has 27 heavy (non-hydrogen) atoms. The number of amides is 1. The van der Waals surface area contributed by atoms with Crippen LogP contribution in [0.3, 0.4) is 0 Å². The number of aliphatic hydroxyl groups is 1. The second-order valence-electron chi connectivity index (χ2n) is 6.12. The van der Waals surface area contributed by atoms with Crippen LogP contribution in [0.15, 0.2) is 63.8 Å². The molecule has 1 amide bonds. The Morgan fingerprint density at radius 2 is 1.96 bits per heavy atom. The Bertz CT molecular complexity index is 981. The van der Waals surface area contributed by atoms with Gasteiger partial charge in [-0.2, -0.15) is 0 Å². The third-order valence-electron chi connectivity index (χ3n) is 4.23. The molecule has 0 bridgehead atoms. The normalized spacial score (nSPS) is 11.9. The molecule has 3 rings (SSSR count). The molecule has 140 valence electrons. The molecule has 0 aliphatic heterocycles. The third-order valence-corrected chi connectivity index (χ3v) is 4.23. The van der Waals surface area contributed by atoms with Gasteiger partial charge < -0.3 is 19.6 Å². The smallest absolute Gasteiger partial charge is 0.336 e. The van der Waals surface area contributed by atoms with Crippen molar-refractivity contribution >= 4 is 16.9 Å². The van der Waals surface area contributed by atoms with Crippen LogP contribution in [0.25, 0.3) is 11.0 Å². The maximum atomic E-state index is 11.9. The van der Waals surface area contributed by atoms with E-state index in [1.54, 1.807) is 24.3 Å². The third kappa shape index (κ3) is 4.74. The zero-order valence-corrected chi connectivity index (χ0v) is 15.0. The van der Waals surface area contributed by atoms with Crippen molar-refractivity contribution in [1.29, 1.82) is 0 Å². The first-order valence-electron chi connectivity index (χ1n) is 8.76. The van der Waals surface area contributed by atoms with Crippen LogP contribution < -0.4 is 15.7 Å². The molecule has 3 aromatic rings. The predicted octanol–water partition coefficient (Wildman–Crippen LogP) is 2.58. The van der Waals surface area contributed by atoms with Gasteiger partial charge in [-0.3, -0.25) is 4.79 Å². The lowest BCUT2D eigenvalue weighted by molar-refractivity contribution is -0.123. The van der Waals surface area contributed by atoms with E-state index in [-0.39, 0.29) is 19.1 Å². The maximum absolute atomic E-state index is 11.9. The molecular weight excluding hydrogens is 346 g/mol. The molecule has 0 radical (unpaired) electrons. The fourth-order valence-electron chi connectivity index (χ4n) is 2.80. The van der Waals surface area contributed by atoms with Crippen LogP contribution in [0.4, 0.5) is 0 Å². The van der Waals surface area contributed by atoms with Gasteiger partial charge >= 0.3 is 5.63 Å². The highest BCUT2D eigenvalue weighted by molar-refractivity contribution is 5.82. The summed E-state index contributed by atoms with van der Waals surface area (Å²) >= 11 is 0. The van der Waals surface area contributed by atoms with Crippen molar-refractivity contribution in [3.8, 4) is 5.75 Å². The Morgan fingerprint density at radius 1 is 1.19 bits per heavy atom.